The fraction of sp³-hybridized carbons (Fsp3) is 0.481. The zero-order valence-corrected chi connectivity index (χ0v) is 21.4. The van der Waals surface area contributed by atoms with Gasteiger partial charge in [0.1, 0.15) is 0 Å². The molecule has 8 heteroatoms. The van der Waals surface area contributed by atoms with E-state index in [9.17, 15) is 18.0 Å². The third-order valence-electron chi connectivity index (χ3n) is 7.00. The van der Waals surface area contributed by atoms with Gasteiger partial charge in [-0.3, -0.25) is 14.5 Å². The highest BCUT2D eigenvalue weighted by Crippen LogP contribution is 2.34. The Labute approximate surface area is 208 Å². The summed E-state index contributed by atoms with van der Waals surface area (Å²) in [6, 6.07) is 15.4. The highest BCUT2D eigenvalue weighted by Gasteiger charge is 2.31. The highest BCUT2D eigenvalue weighted by molar-refractivity contribution is 7.91. The van der Waals surface area contributed by atoms with Gasteiger partial charge in [-0.25, -0.2) is 8.42 Å². The summed E-state index contributed by atoms with van der Waals surface area (Å²) >= 11 is 0. The van der Waals surface area contributed by atoms with Gasteiger partial charge < -0.3 is 10.2 Å². The number of rotatable bonds is 8. The van der Waals surface area contributed by atoms with Gasteiger partial charge in [0.25, 0.3) is 0 Å². The van der Waals surface area contributed by atoms with Crippen LogP contribution in [0.5, 0.6) is 0 Å². The van der Waals surface area contributed by atoms with Gasteiger partial charge in [0, 0.05) is 50.2 Å². The van der Waals surface area contributed by atoms with Crippen molar-refractivity contribution in [2.75, 3.05) is 23.7 Å². The van der Waals surface area contributed by atoms with Crippen LogP contribution >= 0.6 is 0 Å². The van der Waals surface area contributed by atoms with E-state index in [1.165, 1.54) is 5.56 Å². The van der Waals surface area contributed by atoms with Crippen LogP contribution in [0.15, 0.2) is 53.4 Å². The average molecular weight is 498 g/mol. The van der Waals surface area contributed by atoms with Crippen LogP contribution in [0.2, 0.25) is 0 Å². The summed E-state index contributed by atoms with van der Waals surface area (Å²) in [6.07, 6.45) is 2.71. The third kappa shape index (κ3) is 6.11. The molecular formula is C27H35N3O4S. The van der Waals surface area contributed by atoms with Gasteiger partial charge in [0.15, 0.2) is 9.84 Å². The average Bonchev–Trinajstić information content (AvgIpc) is 3.19. The number of carbonyl (C=O) groups is 2. The molecule has 0 bridgehead atoms. The molecule has 35 heavy (non-hydrogen) atoms. The Bertz CT molecular complexity index is 1160. The molecule has 0 spiro atoms. The smallest absolute Gasteiger partial charge is 0.226 e. The van der Waals surface area contributed by atoms with E-state index in [1.807, 2.05) is 32.0 Å². The molecule has 4 rings (SSSR count). The Balaban J connectivity index is 1.27. The van der Waals surface area contributed by atoms with E-state index in [1.54, 1.807) is 23.1 Å². The normalized spacial score (nSPS) is 18.9. The van der Waals surface area contributed by atoms with Gasteiger partial charge in [0.2, 0.25) is 11.8 Å². The molecule has 1 N–H and O–H groups in total. The molecule has 0 unspecified atom stereocenters. The summed E-state index contributed by atoms with van der Waals surface area (Å²) < 4.78 is 25.9. The van der Waals surface area contributed by atoms with Gasteiger partial charge >= 0.3 is 0 Å². The van der Waals surface area contributed by atoms with Gasteiger partial charge in [0.05, 0.1) is 10.6 Å². The Morgan fingerprint density at radius 2 is 1.77 bits per heavy atom. The van der Waals surface area contributed by atoms with Gasteiger partial charge in [-0.2, -0.15) is 0 Å². The lowest BCUT2D eigenvalue weighted by Crippen LogP contribution is -2.44. The summed E-state index contributed by atoms with van der Waals surface area (Å²) in [5, 5.41) is 3.03. The van der Waals surface area contributed by atoms with Crippen LogP contribution in [0.25, 0.3) is 0 Å². The number of benzene rings is 2. The monoisotopic (exact) mass is 497 g/mol. The van der Waals surface area contributed by atoms with Crippen molar-refractivity contribution in [1.82, 2.24) is 10.2 Å². The van der Waals surface area contributed by atoms with Gasteiger partial charge in [-0.05, 0) is 55.5 Å². The number of nitrogens with zero attached hydrogens (tertiary/aromatic N) is 2. The number of likely N-dealkylation sites (tertiary alicyclic amines) is 1. The second-order valence-corrected chi connectivity index (χ2v) is 11.7. The molecule has 0 aromatic heterocycles. The Morgan fingerprint density at radius 3 is 2.46 bits per heavy atom. The third-order valence-corrected chi connectivity index (χ3v) is 8.71. The van der Waals surface area contributed by atoms with Crippen molar-refractivity contribution in [3.8, 4) is 0 Å². The van der Waals surface area contributed by atoms with E-state index < -0.39 is 9.84 Å². The van der Waals surface area contributed by atoms with Crippen LogP contribution in [0.4, 0.5) is 5.69 Å². The number of sulfone groups is 1. The van der Waals surface area contributed by atoms with E-state index in [0.29, 0.717) is 12.8 Å². The molecule has 0 saturated carbocycles. The first-order chi connectivity index (χ1) is 16.8. The summed E-state index contributed by atoms with van der Waals surface area (Å²) in [5.41, 5.74) is 2.94. The number of amides is 2. The van der Waals surface area contributed by atoms with Crippen LogP contribution in [-0.2, 0) is 32.4 Å². The van der Waals surface area contributed by atoms with Crippen LogP contribution in [-0.4, -0.2) is 56.1 Å². The van der Waals surface area contributed by atoms with Crippen LogP contribution in [0.1, 0.15) is 50.7 Å². The molecule has 2 aromatic rings. The Morgan fingerprint density at radius 1 is 1.06 bits per heavy atom. The molecule has 0 aliphatic carbocycles. The Kier molecular flexibility index (Phi) is 7.91. The first kappa shape index (κ1) is 25.4. The molecule has 2 aliphatic rings. The highest BCUT2D eigenvalue weighted by atomic mass is 32.2. The van der Waals surface area contributed by atoms with E-state index in [4.69, 9.17) is 0 Å². The molecule has 2 heterocycles. The second kappa shape index (κ2) is 10.9. The van der Waals surface area contributed by atoms with Crippen molar-refractivity contribution in [3.63, 3.8) is 0 Å². The number of piperidine rings is 1. The fourth-order valence-electron chi connectivity index (χ4n) is 5.07. The predicted molar refractivity (Wildman–Crippen MR) is 137 cm³/mol. The number of fused-ring (bicyclic) bond motifs is 1. The number of nitrogens with one attached hydrogen (secondary N) is 1. The quantitative estimate of drug-likeness (QED) is 0.605. The topological polar surface area (TPSA) is 86.8 Å². The lowest BCUT2D eigenvalue weighted by molar-refractivity contribution is -0.121. The van der Waals surface area contributed by atoms with Crippen LogP contribution in [0.3, 0.4) is 0 Å². The molecule has 2 aromatic carbocycles. The molecule has 2 aliphatic heterocycles. The lowest BCUT2D eigenvalue weighted by atomic mass is 10.0. The molecule has 7 nitrogen and oxygen atoms in total. The van der Waals surface area contributed by atoms with E-state index in [2.05, 4.69) is 22.3 Å². The number of anilines is 1. The molecular weight excluding hydrogens is 462 g/mol. The maximum atomic E-state index is 12.9. The van der Waals surface area contributed by atoms with Crippen molar-refractivity contribution in [2.24, 2.45) is 0 Å². The summed E-state index contributed by atoms with van der Waals surface area (Å²) in [7, 11) is -3.59. The molecule has 1 fully saturated rings. The van der Waals surface area contributed by atoms with E-state index in [-0.39, 0.29) is 41.0 Å². The van der Waals surface area contributed by atoms with E-state index in [0.717, 1.165) is 43.7 Å². The SMILES string of the molecule is CCC(=O)N1c2ccc(S(=O)(=O)CCC(=O)NC3CCN(Cc4ccccc4)CC3)cc2C[C@H]1C. The van der Waals surface area contributed by atoms with Crippen molar-refractivity contribution in [3.05, 3.63) is 59.7 Å². The summed E-state index contributed by atoms with van der Waals surface area (Å²) in [6.45, 7) is 6.51. The zero-order valence-electron chi connectivity index (χ0n) is 20.6. The molecule has 1 saturated heterocycles. The predicted octanol–water partition coefficient (Wildman–Crippen LogP) is 3.32. The lowest BCUT2D eigenvalue weighted by Gasteiger charge is -2.32. The molecule has 188 valence electrons. The van der Waals surface area contributed by atoms with E-state index >= 15 is 0 Å². The minimum Gasteiger partial charge on any atom is -0.353 e. The van der Waals surface area contributed by atoms with Gasteiger partial charge in [-0.15, -0.1) is 0 Å². The summed E-state index contributed by atoms with van der Waals surface area (Å²) in [4.78, 5) is 29.1. The zero-order chi connectivity index (χ0) is 25.0. The standard InChI is InChI=1S/C27H35N3O4S/c1-3-27(32)30-20(2)17-22-18-24(9-10-25(22)30)35(33,34)16-13-26(31)28-23-11-14-29(15-12-23)19-21-7-5-4-6-8-21/h4-10,18,20,23H,3,11-17,19H2,1-2H3,(H,28,31)/t20-/m1/s1. The minimum absolute atomic E-state index is 0.0142. The maximum Gasteiger partial charge on any atom is 0.226 e. The van der Waals surface area contributed by atoms with Crippen LogP contribution in [0, 0.1) is 0 Å². The summed E-state index contributed by atoms with van der Waals surface area (Å²) in [5.74, 6) is -0.406. The first-order valence-electron chi connectivity index (χ1n) is 12.5. The second-order valence-electron chi connectivity index (χ2n) is 9.63. The first-order valence-corrected chi connectivity index (χ1v) is 14.2. The van der Waals surface area contributed by atoms with Crippen molar-refractivity contribution in [1.29, 1.82) is 0 Å². The Hall–Kier alpha value is -2.71. The molecule has 1 atom stereocenters. The fourth-order valence-corrected chi connectivity index (χ4v) is 6.36. The number of carbonyl (C=O) groups excluding carboxylic acids is 2. The minimum atomic E-state index is -3.59. The number of hydrogen-bond acceptors (Lipinski definition) is 5. The van der Waals surface area contributed by atoms with Crippen LogP contribution < -0.4 is 10.2 Å². The van der Waals surface area contributed by atoms with Gasteiger partial charge in [-0.1, -0.05) is 37.3 Å². The largest absolute Gasteiger partial charge is 0.353 e. The molecule has 2 amide bonds. The maximum absolute atomic E-state index is 12.9. The molecule has 0 radical (unpaired) electrons. The number of hydrogen-bond donors (Lipinski definition) is 1. The van der Waals surface area contributed by atoms with Crippen molar-refractivity contribution < 1.29 is 18.0 Å². The van der Waals surface area contributed by atoms with Crippen molar-refractivity contribution >= 4 is 27.3 Å². The van der Waals surface area contributed by atoms with Crippen molar-refractivity contribution in [2.45, 2.75) is 69.5 Å².